The standard InChI is InChI=1S/C20H23BrN2O3/c1-2-26-18-9-8-15(21)12-16(18)19(17-7-3-4-10-22-17)23-11-5-6-14(13-23)20(24)25/h3-4,7-10,12,14,19H,2,5-6,11,13H2,1H3,(H,24,25). The Morgan fingerprint density at radius 1 is 1.42 bits per heavy atom. The van der Waals surface area contributed by atoms with Crippen LogP contribution in [0.25, 0.3) is 0 Å². The number of likely N-dealkylation sites (tertiary alicyclic amines) is 1. The lowest BCUT2D eigenvalue weighted by Crippen LogP contribution is -2.41. The van der Waals surface area contributed by atoms with E-state index in [1.54, 1.807) is 6.20 Å². The van der Waals surface area contributed by atoms with Crippen molar-refractivity contribution in [3.8, 4) is 5.75 Å². The van der Waals surface area contributed by atoms with Crippen molar-refractivity contribution >= 4 is 21.9 Å². The number of halogens is 1. The quantitative estimate of drug-likeness (QED) is 0.763. The van der Waals surface area contributed by atoms with Gasteiger partial charge in [-0.25, -0.2) is 0 Å². The molecule has 0 aliphatic carbocycles. The predicted molar refractivity (Wildman–Crippen MR) is 103 cm³/mol. The number of carboxylic acids is 1. The summed E-state index contributed by atoms with van der Waals surface area (Å²) in [6, 6.07) is 11.7. The highest BCUT2D eigenvalue weighted by Crippen LogP contribution is 2.38. The fourth-order valence-electron chi connectivity index (χ4n) is 3.54. The minimum absolute atomic E-state index is 0.141. The van der Waals surface area contributed by atoms with Crippen LogP contribution in [0.5, 0.6) is 5.75 Å². The Morgan fingerprint density at radius 2 is 2.27 bits per heavy atom. The number of hydrogen-bond donors (Lipinski definition) is 1. The molecule has 5 nitrogen and oxygen atoms in total. The number of carbonyl (C=O) groups is 1. The first-order chi connectivity index (χ1) is 12.6. The predicted octanol–water partition coefficient (Wildman–Crippen LogP) is 4.13. The summed E-state index contributed by atoms with van der Waals surface area (Å²) in [5.41, 5.74) is 1.91. The number of piperidine rings is 1. The summed E-state index contributed by atoms with van der Waals surface area (Å²) in [6.45, 7) is 3.88. The minimum Gasteiger partial charge on any atom is -0.494 e. The molecule has 0 spiro atoms. The largest absolute Gasteiger partial charge is 0.494 e. The minimum atomic E-state index is -0.728. The molecule has 0 saturated carbocycles. The third kappa shape index (κ3) is 4.24. The van der Waals surface area contributed by atoms with Crippen LogP contribution in [-0.4, -0.2) is 40.7 Å². The Labute approximate surface area is 162 Å². The van der Waals surface area contributed by atoms with E-state index < -0.39 is 5.97 Å². The molecule has 6 heteroatoms. The van der Waals surface area contributed by atoms with Crippen molar-refractivity contribution < 1.29 is 14.6 Å². The SMILES string of the molecule is CCOc1ccc(Br)cc1C(c1ccccn1)N1CCCC(C(=O)O)C1. The van der Waals surface area contributed by atoms with Gasteiger partial charge in [0.2, 0.25) is 0 Å². The van der Waals surface area contributed by atoms with Gasteiger partial charge in [-0.1, -0.05) is 22.0 Å². The lowest BCUT2D eigenvalue weighted by atomic mass is 9.93. The van der Waals surface area contributed by atoms with Crippen LogP contribution in [0, 0.1) is 5.92 Å². The van der Waals surface area contributed by atoms with Crippen molar-refractivity contribution in [3.05, 3.63) is 58.3 Å². The van der Waals surface area contributed by atoms with Crippen molar-refractivity contribution in [2.24, 2.45) is 5.92 Å². The van der Waals surface area contributed by atoms with E-state index in [9.17, 15) is 9.90 Å². The molecule has 1 aliphatic heterocycles. The van der Waals surface area contributed by atoms with Gasteiger partial charge in [-0.2, -0.15) is 0 Å². The van der Waals surface area contributed by atoms with Gasteiger partial charge in [0.1, 0.15) is 5.75 Å². The molecule has 2 atom stereocenters. The van der Waals surface area contributed by atoms with E-state index in [1.807, 2.05) is 37.3 Å². The van der Waals surface area contributed by atoms with Gasteiger partial charge in [-0.05, 0) is 56.6 Å². The van der Waals surface area contributed by atoms with E-state index in [-0.39, 0.29) is 12.0 Å². The number of aliphatic carboxylic acids is 1. The summed E-state index contributed by atoms with van der Waals surface area (Å²) in [7, 11) is 0. The fourth-order valence-corrected chi connectivity index (χ4v) is 3.92. The van der Waals surface area contributed by atoms with Gasteiger partial charge in [0.25, 0.3) is 0 Å². The van der Waals surface area contributed by atoms with E-state index in [2.05, 4.69) is 31.9 Å². The number of ether oxygens (including phenoxy) is 1. The summed E-state index contributed by atoms with van der Waals surface area (Å²) in [5.74, 6) is -0.268. The molecule has 2 unspecified atom stereocenters. The molecule has 2 aromatic rings. The van der Waals surface area contributed by atoms with Crippen LogP contribution in [0.3, 0.4) is 0 Å². The smallest absolute Gasteiger partial charge is 0.307 e. The van der Waals surface area contributed by atoms with Gasteiger partial charge >= 0.3 is 5.97 Å². The Hall–Kier alpha value is -1.92. The highest BCUT2D eigenvalue weighted by atomic mass is 79.9. The number of rotatable bonds is 6. The van der Waals surface area contributed by atoms with E-state index >= 15 is 0 Å². The first kappa shape index (κ1) is 18.9. The van der Waals surface area contributed by atoms with Crippen LogP contribution in [0.15, 0.2) is 47.1 Å². The molecule has 0 bridgehead atoms. The van der Waals surface area contributed by atoms with Crippen molar-refractivity contribution in [2.45, 2.75) is 25.8 Å². The van der Waals surface area contributed by atoms with Crippen molar-refractivity contribution in [3.63, 3.8) is 0 Å². The average molecular weight is 419 g/mol. The molecule has 1 aliphatic rings. The second kappa shape index (κ2) is 8.64. The normalized spacial score (nSPS) is 19.1. The number of hydrogen-bond acceptors (Lipinski definition) is 4. The molecule has 138 valence electrons. The second-order valence-corrected chi connectivity index (χ2v) is 7.36. The molecular weight excluding hydrogens is 396 g/mol. The number of benzene rings is 1. The van der Waals surface area contributed by atoms with Crippen LogP contribution in [0.2, 0.25) is 0 Å². The van der Waals surface area contributed by atoms with Gasteiger partial charge in [-0.3, -0.25) is 14.7 Å². The fraction of sp³-hybridized carbons (Fsp3) is 0.400. The molecule has 26 heavy (non-hydrogen) atoms. The molecule has 1 aromatic heterocycles. The van der Waals surface area contributed by atoms with Crippen molar-refractivity contribution in [2.75, 3.05) is 19.7 Å². The maximum absolute atomic E-state index is 11.5. The Bertz CT molecular complexity index is 754. The summed E-state index contributed by atoms with van der Waals surface area (Å²) in [6.07, 6.45) is 3.36. The molecule has 3 rings (SSSR count). The lowest BCUT2D eigenvalue weighted by Gasteiger charge is -2.37. The third-order valence-electron chi connectivity index (χ3n) is 4.70. The van der Waals surface area contributed by atoms with Gasteiger partial charge in [0.05, 0.1) is 24.3 Å². The zero-order chi connectivity index (χ0) is 18.5. The van der Waals surface area contributed by atoms with Crippen LogP contribution in [-0.2, 0) is 4.79 Å². The zero-order valence-electron chi connectivity index (χ0n) is 14.8. The number of nitrogens with zero attached hydrogens (tertiary/aromatic N) is 2. The van der Waals surface area contributed by atoms with Crippen LogP contribution in [0.4, 0.5) is 0 Å². The Kier molecular flexibility index (Phi) is 6.27. The monoisotopic (exact) mass is 418 g/mol. The molecule has 1 saturated heterocycles. The van der Waals surface area contributed by atoms with Gasteiger partial charge < -0.3 is 9.84 Å². The highest BCUT2D eigenvalue weighted by molar-refractivity contribution is 9.10. The van der Waals surface area contributed by atoms with E-state index in [1.165, 1.54) is 0 Å². The first-order valence-electron chi connectivity index (χ1n) is 8.90. The zero-order valence-corrected chi connectivity index (χ0v) is 16.4. The van der Waals surface area contributed by atoms with Gasteiger partial charge in [-0.15, -0.1) is 0 Å². The third-order valence-corrected chi connectivity index (χ3v) is 5.19. The molecule has 1 aromatic carbocycles. The summed E-state index contributed by atoms with van der Waals surface area (Å²) >= 11 is 3.56. The molecule has 1 fully saturated rings. The summed E-state index contributed by atoms with van der Waals surface area (Å²) in [4.78, 5) is 18.3. The molecule has 0 radical (unpaired) electrons. The van der Waals surface area contributed by atoms with Crippen molar-refractivity contribution in [1.29, 1.82) is 0 Å². The summed E-state index contributed by atoms with van der Waals surface area (Å²) in [5, 5.41) is 9.49. The summed E-state index contributed by atoms with van der Waals surface area (Å²) < 4.78 is 6.83. The maximum Gasteiger partial charge on any atom is 0.307 e. The molecular formula is C20H23BrN2O3. The first-order valence-corrected chi connectivity index (χ1v) is 9.69. The maximum atomic E-state index is 11.5. The van der Waals surface area contributed by atoms with Crippen LogP contribution < -0.4 is 4.74 Å². The number of pyridine rings is 1. The van der Waals surface area contributed by atoms with Crippen molar-refractivity contribution in [1.82, 2.24) is 9.88 Å². The highest BCUT2D eigenvalue weighted by Gasteiger charge is 2.33. The topological polar surface area (TPSA) is 62.7 Å². The number of aromatic nitrogens is 1. The van der Waals surface area contributed by atoms with E-state index in [4.69, 9.17) is 4.74 Å². The molecule has 1 N–H and O–H groups in total. The van der Waals surface area contributed by atoms with Crippen LogP contribution >= 0.6 is 15.9 Å². The average Bonchev–Trinajstić information content (AvgIpc) is 2.65. The molecule has 2 heterocycles. The van der Waals surface area contributed by atoms with E-state index in [0.29, 0.717) is 13.2 Å². The van der Waals surface area contributed by atoms with Crippen LogP contribution in [0.1, 0.15) is 37.1 Å². The van der Waals surface area contributed by atoms with E-state index in [0.717, 1.165) is 40.9 Å². The molecule has 0 amide bonds. The van der Waals surface area contributed by atoms with Gasteiger partial charge in [0.15, 0.2) is 0 Å². The Balaban J connectivity index is 2.05. The Morgan fingerprint density at radius 3 is 2.96 bits per heavy atom. The van der Waals surface area contributed by atoms with Gasteiger partial charge in [0, 0.05) is 22.8 Å². The second-order valence-electron chi connectivity index (χ2n) is 6.44. The number of carboxylic acid groups (broad SMARTS) is 1. The lowest BCUT2D eigenvalue weighted by molar-refractivity contribution is -0.143.